The lowest BCUT2D eigenvalue weighted by Crippen LogP contribution is -2.20. The molecular weight excluding hydrogens is 370 g/mol. The zero-order valence-corrected chi connectivity index (χ0v) is 15.4. The quantitative estimate of drug-likeness (QED) is 0.427. The van der Waals surface area contributed by atoms with Crippen molar-refractivity contribution in [3.05, 3.63) is 90.0 Å². The van der Waals surface area contributed by atoms with Crippen LogP contribution in [0.15, 0.2) is 84.0 Å². The fourth-order valence-corrected chi connectivity index (χ4v) is 2.39. The molecule has 3 rings (SSSR count). The molecule has 3 N–H and O–H groups in total. The number of phenolic OH excluding ortho intramolecular Hbond substituents is 1. The van der Waals surface area contributed by atoms with E-state index in [2.05, 4.69) is 15.8 Å². The molecule has 0 radical (unpaired) electrons. The zero-order valence-electron chi connectivity index (χ0n) is 15.4. The van der Waals surface area contributed by atoms with Crippen LogP contribution in [0.25, 0.3) is 0 Å². The van der Waals surface area contributed by atoms with E-state index in [1.54, 1.807) is 54.6 Å². The third kappa shape index (κ3) is 5.93. The average Bonchev–Trinajstić information content (AvgIpc) is 2.74. The van der Waals surface area contributed by atoms with E-state index in [0.717, 1.165) is 0 Å². The lowest BCUT2D eigenvalue weighted by Gasteiger charge is -2.08. The summed E-state index contributed by atoms with van der Waals surface area (Å²) in [7, 11) is 0. The summed E-state index contributed by atoms with van der Waals surface area (Å²) in [4.78, 5) is 24.0. The van der Waals surface area contributed by atoms with Gasteiger partial charge in [-0.15, -0.1) is 0 Å². The summed E-state index contributed by atoms with van der Waals surface area (Å²) in [6, 6.07) is 22.1. The number of benzene rings is 3. The number of phenols is 1. The predicted octanol–water partition coefficient (Wildman–Crippen LogP) is 3.17. The van der Waals surface area contributed by atoms with Gasteiger partial charge in [0.1, 0.15) is 11.5 Å². The van der Waals surface area contributed by atoms with Crippen LogP contribution in [0.2, 0.25) is 0 Å². The Morgan fingerprint density at radius 1 is 0.931 bits per heavy atom. The van der Waals surface area contributed by atoms with Gasteiger partial charge in [0.2, 0.25) is 0 Å². The normalized spacial score (nSPS) is 10.5. The molecule has 7 heteroatoms. The van der Waals surface area contributed by atoms with E-state index in [-0.39, 0.29) is 18.3 Å². The molecule has 0 aliphatic rings. The second kappa shape index (κ2) is 9.70. The van der Waals surface area contributed by atoms with Crippen molar-refractivity contribution in [3.63, 3.8) is 0 Å². The van der Waals surface area contributed by atoms with Crippen LogP contribution in [0, 0.1) is 0 Å². The average molecular weight is 389 g/mol. The van der Waals surface area contributed by atoms with Gasteiger partial charge >= 0.3 is 0 Å². The van der Waals surface area contributed by atoms with Crippen LogP contribution in [-0.4, -0.2) is 29.7 Å². The topological polar surface area (TPSA) is 100 Å². The van der Waals surface area contributed by atoms with Gasteiger partial charge < -0.3 is 15.2 Å². The van der Waals surface area contributed by atoms with E-state index in [9.17, 15) is 14.7 Å². The van der Waals surface area contributed by atoms with Crippen LogP contribution in [0.4, 0.5) is 5.69 Å². The van der Waals surface area contributed by atoms with E-state index in [1.165, 1.54) is 12.3 Å². The van der Waals surface area contributed by atoms with E-state index in [1.807, 2.05) is 18.2 Å². The van der Waals surface area contributed by atoms with Gasteiger partial charge in [-0.1, -0.05) is 30.3 Å². The Kier molecular flexibility index (Phi) is 6.57. The van der Waals surface area contributed by atoms with Gasteiger partial charge in [0.15, 0.2) is 6.61 Å². The Hall–Kier alpha value is -4.13. The van der Waals surface area contributed by atoms with E-state index in [4.69, 9.17) is 4.74 Å². The smallest absolute Gasteiger partial charge is 0.271 e. The summed E-state index contributed by atoms with van der Waals surface area (Å²) in [5.74, 6) is -0.160. The molecule has 0 spiro atoms. The van der Waals surface area contributed by atoms with Gasteiger partial charge in [-0.05, 0) is 48.5 Å². The molecule has 0 bridgehead atoms. The third-order valence-electron chi connectivity index (χ3n) is 3.85. The largest absolute Gasteiger partial charge is 0.507 e. The molecule has 0 aliphatic heterocycles. The minimum atomic E-state index is -0.412. The number of ether oxygens (including phenoxy) is 1. The first-order valence-corrected chi connectivity index (χ1v) is 8.81. The van der Waals surface area contributed by atoms with Gasteiger partial charge in [-0.3, -0.25) is 9.59 Å². The molecule has 7 nitrogen and oxygen atoms in total. The highest BCUT2D eigenvalue weighted by atomic mass is 16.5. The highest BCUT2D eigenvalue weighted by molar-refractivity contribution is 5.95. The molecule has 0 saturated heterocycles. The minimum absolute atomic E-state index is 0.0725. The standard InChI is InChI=1S/C22H19N3O4/c26-20-9-5-4-6-17(20)14-23-25-22(28)16-10-12-19(13-11-16)29-15-21(27)24-18-7-2-1-3-8-18/h1-14,26H,15H2,(H,24,27)(H,25,28). The van der Waals surface area contributed by atoms with Crippen molar-refractivity contribution in [2.24, 2.45) is 5.10 Å². The summed E-state index contributed by atoms with van der Waals surface area (Å²) in [5.41, 5.74) is 3.94. The van der Waals surface area contributed by atoms with Crippen molar-refractivity contribution in [3.8, 4) is 11.5 Å². The molecule has 0 heterocycles. The minimum Gasteiger partial charge on any atom is -0.507 e. The van der Waals surface area contributed by atoms with E-state index in [0.29, 0.717) is 22.6 Å². The van der Waals surface area contributed by atoms with Crippen LogP contribution in [0.1, 0.15) is 15.9 Å². The summed E-state index contributed by atoms with van der Waals surface area (Å²) in [6.45, 7) is -0.148. The number of hydrazone groups is 1. The monoisotopic (exact) mass is 389 g/mol. The number of nitrogens with zero attached hydrogens (tertiary/aromatic N) is 1. The molecular formula is C22H19N3O4. The SMILES string of the molecule is O=C(COc1ccc(C(=O)NN=Cc2ccccc2O)cc1)Nc1ccccc1. The number of para-hydroxylation sites is 2. The molecule has 3 aromatic carbocycles. The van der Waals surface area contributed by atoms with Crippen LogP contribution < -0.4 is 15.5 Å². The molecule has 0 unspecified atom stereocenters. The predicted molar refractivity (Wildman–Crippen MR) is 110 cm³/mol. The third-order valence-corrected chi connectivity index (χ3v) is 3.85. The van der Waals surface area contributed by atoms with Crippen molar-refractivity contribution in [1.29, 1.82) is 0 Å². The first-order chi connectivity index (χ1) is 14.1. The van der Waals surface area contributed by atoms with Crippen LogP contribution >= 0.6 is 0 Å². The first-order valence-electron chi connectivity index (χ1n) is 8.81. The zero-order chi connectivity index (χ0) is 20.5. The Morgan fingerprint density at radius 3 is 2.34 bits per heavy atom. The number of carbonyl (C=O) groups excluding carboxylic acids is 2. The van der Waals surface area contributed by atoms with Gasteiger partial charge in [-0.25, -0.2) is 5.43 Å². The molecule has 29 heavy (non-hydrogen) atoms. The van der Waals surface area contributed by atoms with Crippen LogP contribution in [0.3, 0.4) is 0 Å². The number of aromatic hydroxyl groups is 1. The Morgan fingerprint density at radius 2 is 1.62 bits per heavy atom. The lowest BCUT2D eigenvalue weighted by molar-refractivity contribution is -0.118. The molecule has 0 saturated carbocycles. The number of anilines is 1. The van der Waals surface area contributed by atoms with Crippen molar-refractivity contribution in [2.75, 3.05) is 11.9 Å². The Balaban J connectivity index is 1.48. The number of hydrogen-bond donors (Lipinski definition) is 3. The Labute approximate surface area is 167 Å². The van der Waals surface area contributed by atoms with Crippen molar-refractivity contribution in [1.82, 2.24) is 5.43 Å². The first kappa shape index (κ1) is 19.6. The molecule has 0 fully saturated rings. The number of nitrogens with one attached hydrogen (secondary N) is 2. The number of carbonyl (C=O) groups is 2. The summed E-state index contributed by atoms with van der Waals surface area (Å²) < 4.78 is 5.43. The van der Waals surface area contributed by atoms with Gasteiger partial charge in [0, 0.05) is 16.8 Å². The highest BCUT2D eigenvalue weighted by Crippen LogP contribution is 2.14. The molecule has 0 aliphatic carbocycles. The highest BCUT2D eigenvalue weighted by Gasteiger charge is 2.07. The van der Waals surface area contributed by atoms with Crippen molar-refractivity contribution in [2.45, 2.75) is 0 Å². The van der Waals surface area contributed by atoms with Gasteiger partial charge in [-0.2, -0.15) is 5.10 Å². The van der Waals surface area contributed by atoms with Crippen LogP contribution in [0.5, 0.6) is 11.5 Å². The maximum Gasteiger partial charge on any atom is 0.271 e. The summed E-state index contributed by atoms with van der Waals surface area (Å²) in [6.07, 6.45) is 1.36. The molecule has 0 aromatic heterocycles. The van der Waals surface area contributed by atoms with Crippen molar-refractivity contribution < 1.29 is 19.4 Å². The maximum absolute atomic E-state index is 12.1. The molecule has 2 amide bonds. The second-order valence-corrected chi connectivity index (χ2v) is 5.99. The lowest BCUT2D eigenvalue weighted by atomic mass is 10.2. The van der Waals surface area contributed by atoms with E-state index < -0.39 is 5.91 Å². The summed E-state index contributed by atoms with van der Waals surface area (Å²) >= 11 is 0. The Bertz CT molecular complexity index is 1000. The van der Waals surface area contributed by atoms with E-state index >= 15 is 0 Å². The molecule has 0 atom stereocenters. The number of amides is 2. The fourth-order valence-electron chi connectivity index (χ4n) is 2.39. The molecule has 3 aromatic rings. The number of hydrogen-bond acceptors (Lipinski definition) is 5. The van der Waals surface area contributed by atoms with Crippen molar-refractivity contribution >= 4 is 23.7 Å². The maximum atomic E-state index is 12.1. The summed E-state index contributed by atoms with van der Waals surface area (Å²) in [5, 5.41) is 16.2. The van der Waals surface area contributed by atoms with Crippen LogP contribution in [-0.2, 0) is 4.79 Å². The van der Waals surface area contributed by atoms with Gasteiger partial charge in [0.25, 0.3) is 11.8 Å². The van der Waals surface area contributed by atoms with Gasteiger partial charge in [0.05, 0.1) is 6.21 Å². The second-order valence-electron chi connectivity index (χ2n) is 5.99. The number of rotatable bonds is 7. The fraction of sp³-hybridized carbons (Fsp3) is 0.0455. The molecule has 146 valence electrons.